The molecule has 2 N–H and O–H groups in total. The van der Waals surface area contributed by atoms with Crippen LogP contribution in [-0.4, -0.2) is 38.6 Å². The van der Waals surface area contributed by atoms with Crippen molar-refractivity contribution in [3.63, 3.8) is 0 Å². The Morgan fingerprint density at radius 3 is 2.50 bits per heavy atom. The van der Waals surface area contributed by atoms with E-state index in [0.29, 0.717) is 19.6 Å². The zero-order chi connectivity index (χ0) is 14.4. The molecular formula is C13H27NO3Si. The fraction of sp³-hybridized carbons (Fsp3) is 0.769. The average Bonchev–Trinajstić information content (AvgIpc) is 2.24. The molecule has 1 amide bonds. The third kappa shape index (κ3) is 6.33. The molecule has 0 spiro atoms. The number of amides is 1. The Labute approximate surface area is 112 Å². The highest BCUT2D eigenvalue weighted by Crippen LogP contribution is 2.36. The van der Waals surface area contributed by atoms with Gasteiger partial charge in [0.1, 0.15) is 0 Å². The quantitative estimate of drug-likeness (QED) is 0.551. The van der Waals surface area contributed by atoms with E-state index < -0.39 is 14.4 Å². The van der Waals surface area contributed by atoms with E-state index in [0.717, 1.165) is 0 Å². The van der Waals surface area contributed by atoms with E-state index in [9.17, 15) is 9.90 Å². The van der Waals surface area contributed by atoms with Crippen molar-refractivity contribution in [2.24, 2.45) is 0 Å². The summed E-state index contributed by atoms with van der Waals surface area (Å²) in [6.07, 6.45) is 1.18. The standard InChI is InChI=1S/C13H27NO3Si/c1-7-12(16)14-9-8-11(15)10-17-18(5,6)13(2,3)4/h7,11,15H,1,8-10H2,2-6H3,(H,14,16). The van der Waals surface area contributed by atoms with E-state index in [4.69, 9.17) is 4.43 Å². The summed E-state index contributed by atoms with van der Waals surface area (Å²) in [5.41, 5.74) is 0. The lowest BCUT2D eigenvalue weighted by Crippen LogP contribution is -2.43. The topological polar surface area (TPSA) is 58.6 Å². The van der Waals surface area contributed by atoms with Gasteiger partial charge in [-0.05, 0) is 30.6 Å². The fourth-order valence-electron chi connectivity index (χ4n) is 1.04. The maximum absolute atomic E-state index is 10.9. The van der Waals surface area contributed by atoms with Gasteiger partial charge in [0.05, 0.1) is 12.7 Å². The van der Waals surface area contributed by atoms with Crippen LogP contribution in [-0.2, 0) is 9.22 Å². The molecule has 5 heteroatoms. The largest absolute Gasteiger partial charge is 0.414 e. The highest BCUT2D eigenvalue weighted by molar-refractivity contribution is 6.74. The molecule has 0 aliphatic rings. The predicted molar refractivity (Wildman–Crippen MR) is 77.0 cm³/mol. The molecule has 4 nitrogen and oxygen atoms in total. The normalized spacial score (nSPS) is 14.1. The molecule has 0 aromatic carbocycles. The van der Waals surface area contributed by atoms with E-state index in [-0.39, 0.29) is 10.9 Å². The minimum Gasteiger partial charge on any atom is -0.414 e. The zero-order valence-electron chi connectivity index (χ0n) is 12.2. The van der Waals surface area contributed by atoms with E-state index in [1.165, 1.54) is 6.08 Å². The van der Waals surface area contributed by atoms with Crippen LogP contribution in [0.3, 0.4) is 0 Å². The zero-order valence-corrected chi connectivity index (χ0v) is 13.2. The first-order chi connectivity index (χ1) is 8.10. The van der Waals surface area contributed by atoms with Crippen molar-refractivity contribution >= 4 is 14.2 Å². The van der Waals surface area contributed by atoms with Crippen molar-refractivity contribution in [2.75, 3.05) is 13.2 Å². The molecule has 0 fully saturated rings. The molecule has 0 radical (unpaired) electrons. The van der Waals surface area contributed by atoms with Gasteiger partial charge >= 0.3 is 0 Å². The minimum atomic E-state index is -1.80. The van der Waals surface area contributed by atoms with Crippen LogP contribution in [0.2, 0.25) is 18.1 Å². The minimum absolute atomic E-state index is 0.143. The fourth-order valence-corrected chi connectivity index (χ4v) is 2.08. The second kappa shape index (κ2) is 7.06. The molecule has 0 heterocycles. The second-order valence-electron chi connectivity index (χ2n) is 6.01. The van der Waals surface area contributed by atoms with Gasteiger partial charge in [-0.25, -0.2) is 0 Å². The van der Waals surface area contributed by atoms with Gasteiger partial charge in [0.25, 0.3) is 0 Å². The molecule has 1 unspecified atom stereocenters. The molecule has 0 aliphatic carbocycles. The van der Waals surface area contributed by atoms with Crippen molar-refractivity contribution in [3.8, 4) is 0 Å². The number of hydrogen-bond acceptors (Lipinski definition) is 3. The number of carbonyl (C=O) groups is 1. The third-order valence-electron chi connectivity index (χ3n) is 3.40. The van der Waals surface area contributed by atoms with Gasteiger partial charge in [-0.15, -0.1) is 0 Å². The van der Waals surface area contributed by atoms with Crippen LogP contribution >= 0.6 is 0 Å². The molecule has 0 aromatic heterocycles. The first kappa shape index (κ1) is 17.3. The highest BCUT2D eigenvalue weighted by Gasteiger charge is 2.37. The van der Waals surface area contributed by atoms with E-state index in [1.54, 1.807) is 0 Å². The van der Waals surface area contributed by atoms with Gasteiger partial charge in [0, 0.05) is 6.54 Å². The van der Waals surface area contributed by atoms with Crippen molar-refractivity contribution in [1.29, 1.82) is 0 Å². The number of rotatable bonds is 7. The number of hydrogen-bond donors (Lipinski definition) is 2. The van der Waals surface area contributed by atoms with Gasteiger partial charge < -0.3 is 14.8 Å². The molecule has 0 bridgehead atoms. The molecule has 0 saturated heterocycles. The van der Waals surface area contributed by atoms with Gasteiger partial charge in [-0.3, -0.25) is 4.79 Å². The van der Waals surface area contributed by atoms with Crippen LogP contribution in [0.1, 0.15) is 27.2 Å². The van der Waals surface area contributed by atoms with Crippen LogP contribution in [0.25, 0.3) is 0 Å². The Bertz CT molecular complexity index is 284. The lowest BCUT2D eigenvalue weighted by molar-refractivity contribution is -0.116. The van der Waals surface area contributed by atoms with Crippen LogP contribution in [0.5, 0.6) is 0 Å². The maximum atomic E-state index is 10.9. The van der Waals surface area contributed by atoms with Crippen molar-refractivity contribution < 1.29 is 14.3 Å². The summed E-state index contributed by atoms with van der Waals surface area (Å²) >= 11 is 0. The predicted octanol–water partition coefficient (Wildman–Crippen LogP) is 2.06. The summed E-state index contributed by atoms with van der Waals surface area (Å²) in [6.45, 7) is 14.9. The summed E-state index contributed by atoms with van der Waals surface area (Å²) < 4.78 is 5.90. The first-order valence-corrected chi connectivity index (χ1v) is 9.23. The molecular weight excluding hydrogens is 246 g/mol. The second-order valence-corrected chi connectivity index (χ2v) is 10.8. The van der Waals surface area contributed by atoms with Crippen LogP contribution in [0.15, 0.2) is 12.7 Å². The third-order valence-corrected chi connectivity index (χ3v) is 7.91. The van der Waals surface area contributed by atoms with Gasteiger partial charge in [0.15, 0.2) is 8.32 Å². The summed E-state index contributed by atoms with van der Waals surface area (Å²) in [4.78, 5) is 10.9. The van der Waals surface area contributed by atoms with Gasteiger partial charge in [0.2, 0.25) is 5.91 Å². The SMILES string of the molecule is C=CC(=O)NCCC(O)CO[Si](C)(C)C(C)(C)C. The Morgan fingerprint density at radius 1 is 1.50 bits per heavy atom. The van der Waals surface area contributed by atoms with E-state index in [1.807, 2.05) is 0 Å². The number of nitrogens with one attached hydrogen (secondary N) is 1. The molecule has 0 saturated carbocycles. The Kier molecular flexibility index (Phi) is 6.81. The van der Waals surface area contributed by atoms with E-state index in [2.05, 4.69) is 45.8 Å². The monoisotopic (exact) mass is 273 g/mol. The molecule has 18 heavy (non-hydrogen) atoms. The number of aliphatic hydroxyl groups excluding tert-OH is 1. The van der Waals surface area contributed by atoms with Gasteiger partial charge in [-0.2, -0.15) is 0 Å². The summed E-state index contributed by atoms with van der Waals surface area (Å²) in [5.74, 6) is -0.215. The smallest absolute Gasteiger partial charge is 0.243 e. The lowest BCUT2D eigenvalue weighted by atomic mass is 10.2. The molecule has 0 aromatic rings. The molecule has 106 valence electrons. The number of aliphatic hydroxyl groups is 1. The van der Waals surface area contributed by atoms with Crippen molar-refractivity contribution in [3.05, 3.63) is 12.7 Å². The highest BCUT2D eigenvalue weighted by atomic mass is 28.4. The summed E-state index contributed by atoms with van der Waals surface area (Å²) in [6, 6.07) is 0. The lowest BCUT2D eigenvalue weighted by Gasteiger charge is -2.36. The average molecular weight is 273 g/mol. The number of carbonyl (C=O) groups excluding carboxylic acids is 1. The van der Waals surface area contributed by atoms with Gasteiger partial charge in [-0.1, -0.05) is 27.4 Å². The summed E-state index contributed by atoms with van der Waals surface area (Å²) in [5, 5.41) is 12.6. The Hall–Kier alpha value is -0.653. The maximum Gasteiger partial charge on any atom is 0.243 e. The summed E-state index contributed by atoms with van der Waals surface area (Å²) in [7, 11) is -1.80. The Balaban J connectivity index is 3.93. The van der Waals surface area contributed by atoms with E-state index >= 15 is 0 Å². The van der Waals surface area contributed by atoms with Crippen molar-refractivity contribution in [1.82, 2.24) is 5.32 Å². The Morgan fingerprint density at radius 2 is 2.06 bits per heavy atom. The van der Waals surface area contributed by atoms with Crippen molar-refractivity contribution in [2.45, 2.75) is 51.4 Å². The van der Waals surface area contributed by atoms with Crippen LogP contribution < -0.4 is 5.32 Å². The van der Waals surface area contributed by atoms with Crippen LogP contribution in [0.4, 0.5) is 0 Å². The molecule has 0 aliphatic heterocycles. The first-order valence-electron chi connectivity index (χ1n) is 6.32. The van der Waals surface area contributed by atoms with Crippen LogP contribution in [0, 0.1) is 0 Å². The molecule has 1 atom stereocenters. The molecule has 0 rings (SSSR count).